The first-order chi connectivity index (χ1) is 8.72. The number of nitrogens with one attached hydrogen (secondary N) is 1. The molecule has 102 valence electrons. The molecule has 1 N–H and O–H groups in total. The Morgan fingerprint density at radius 3 is 2.33 bits per heavy atom. The molecular weight excluding hydrogens is 225 g/mol. The van der Waals surface area contributed by atoms with Crippen LogP contribution >= 0.6 is 0 Å². The van der Waals surface area contributed by atoms with E-state index in [0.717, 1.165) is 25.1 Å². The van der Waals surface area contributed by atoms with E-state index in [4.69, 9.17) is 0 Å². The van der Waals surface area contributed by atoms with Crippen LogP contribution in [-0.2, 0) is 0 Å². The van der Waals surface area contributed by atoms with E-state index in [0.29, 0.717) is 5.92 Å². The molecule has 0 amide bonds. The predicted octanol–water partition coefficient (Wildman–Crippen LogP) is 4.35. The maximum Gasteiger partial charge on any atom is 0.126 e. The zero-order valence-corrected chi connectivity index (χ0v) is 11.9. The molecule has 0 fully saturated rings. The van der Waals surface area contributed by atoms with Crippen molar-refractivity contribution >= 4 is 0 Å². The fourth-order valence-corrected chi connectivity index (χ4v) is 2.47. The average Bonchev–Trinajstić information content (AvgIpc) is 2.40. The lowest BCUT2D eigenvalue weighted by Crippen LogP contribution is -2.23. The Balaban J connectivity index is 2.80. The smallest absolute Gasteiger partial charge is 0.126 e. The number of benzene rings is 1. The first-order valence-corrected chi connectivity index (χ1v) is 7.17. The lowest BCUT2D eigenvalue weighted by Gasteiger charge is -2.23. The van der Waals surface area contributed by atoms with Crippen molar-refractivity contribution in [3.8, 4) is 0 Å². The zero-order valence-electron chi connectivity index (χ0n) is 11.9. The summed E-state index contributed by atoms with van der Waals surface area (Å²) in [5, 5.41) is 3.36. The van der Waals surface area contributed by atoms with Gasteiger partial charge in [-0.1, -0.05) is 51.8 Å². The zero-order chi connectivity index (χ0) is 13.4. The van der Waals surface area contributed by atoms with Crippen LogP contribution in [0.3, 0.4) is 0 Å². The molecule has 1 aromatic rings. The van der Waals surface area contributed by atoms with E-state index in [9.17, 15) is 4.39 Å². The molecular formula is C16H26FN. The molecule has 1 rings (SSSR count). The van der Waals surface area contributed by atoms with E-state index in [1.165, 1.54) is 12.8 Å². The summed E-state index contributed by atoms with van der Waals surface area (Å²) in [6.45, 7) is 8.34. The average molecular weight is 251 g/mol. The Morgan fingerprint density at radius 2 is 1.78 bits per heavy atom. The molecule has 0 heterocycles. The van der Waals surface area contributed by atoms with Crippen LogP contribution in [0, 0.1) is 11.7 Å². The van der Waals surface area contributed by atoms with E-state index < -0.39 is 0 Å². The second-order valence-corrected chi connectivity index (χ2v) is 4.94. The van der Waals surface area contributed by atoms with E-state index in [1.54, 1.807) is 12.1 Å². The van der Waals surface area contributed by atoms with Crippen LogP contribution in [0.4, 0.5) is 4.39 Å². The standard InChI is InChI=1S/C16H26FN/c1-4-13(5-2)11-14(12-18-6-3)15-9-7-8-10-16(15)17/h7-10,13-14,18H,4-6,11-12H2,1-3H3. The van der Waals surface area contributed by atoms with Gasteiger partial charge >= 0.3 is 0 Å². The van der Waals surface area contributed by atoms with Crippen molar-refractivity contribution in [2.75, 3.05) is 13.1 Å². The predicted molar refractivity (Wildman–Crippen MR) is 76.4 cm³/mol. The molecule has 0 saturated carbocycles. The highest BCUT2D eigenvalue weighted by Gasteiger charge is 2.18. The quantitative estimate of drug-likeness (QED) is 0.724. The molecule has 18 heavy (non-hydrogen) atoms. The van der Waals surface area contributed by atoms with Crippen molar-refractivity contribution in [3.05, 3.63) is 35.6 Å². The lowest BCUT2D eigenvalue weighted by atomic mass is 9.86. The third-order valence-corrected chi connectivity index (χ3v) is 3.76. The topological polar surface area (TPSA) is 12.0 Å². The summed E-state index contributed by atoms with van der Waals surface area (Å²) in [6, 6.07) is 7.20. The number of rotatable bonds is 8. The van der Waals surface area contributed by atoms with Gasteiger partial charge in [-0.15, -0.1) is 0 Å². The van der Waals surface area contributed by atoms with Gasteiger partial charge in [-0.3, -0.25) is 0 Å². The molecule has 1 nitrogen and oxygen atoms in total. The minimum Gasteiger partial charge on any atom is -0.316 e. The van der Waals surface area contributed by atoms with Crippen LogP contribution < -0.4 is 5.32 Å². The van der Waals surface area contributed by atoms with Gasteiger partial charge in [0.25, 0.3) is 0 Å². The van der Waals surface area contributed by atoms with Gasteiger partial charge in [-0.2, -0.15) is 0 Å². The van der Waals surface area contributed by atoms with Crippen molar-refractivity contribution < 1.29 is 4.39 Å². The van der Waals surface area contributed by atoms with Gasteiger partial charge in [0, 0.05) is 6.54 Å². The lowest BCUT2D eigenvalue weighted by molar-refractivity contribution is 0.393. The molecule has 0 aliphatic rings. The second-order valence-electron chi connectivity index (χ2n) is 4.94. The molecule has 0 spiro atoms. The molecule has 0 radical (unpaired) electrons. The SMILES string of the molecule is CCNCC(CC(CC)CC)c1ccccc1F. The van der Waals surface area contributed by atoms with Gasteiger partial charge in [-0.05, 0) is 36.4 Å². The van der Waals surface area contributed by atoms with Gasteiger partial charge in [0.05, 0.1) is 0 Å². The summed E-state index contributed by atoms with van der Waals surface area (Å²) in [5.74, 6) is 0.913. The summed E-state index contributed by atoms with van der Waals surface area (Å²) < 4.78 is 13.9. The summed E-state index contributed by atoms with van der Waals surface area (Å²) >= 11 is 0. The van der Waals surface area contributed by atoms with E-state index in [-0.39, 0.29) is 11.7 Å². The minimum absolute atomic E-state index is 0.0636. The number of hydrogen-bond acceptors (Lipinski definition) is 1. The Kier molecular flexibility index (Phi) is 6.96. The van der Waals surface area contributed by atoms with Crippen LogP contribution in [0.25, 0.3) is 0 Å². The number of likely N-dealkylation sites (N-methyl/N-ethyl adjacent to an activating group) is 1. The minimum atomic E-state index is -0.0636. The Bertz CT molecular complexity index is 334. The van der Waals surface area contributed by atoms with Crippen LogP contribution in [-0.4, -0.2) is 13.1 Å². The normalized spacial score (nSPS) is 12.9. The van der Waals surface area contributed by atoms with Crippen molar-refractivity contribution in [1.82, 2.24) is 5.32 Å². The highest BCUT2D eigenvalue weighted by molar-refractivity contribution is 5.22. The molecule has 2 heteroatoms. The maximum atomic E-state index is 13.9. The summed E-state index contributed by atoms with van der Waals surface area (Å²) in [4.78, 5) is 0. The van der Waals surface area contributed by atoms with Gasteiger partial charge in [-0.25, -0.2) is 4.39 Å². The highest BCUT2D eigenvalue weighted by atomic mass is 19.1. The molecule has 1 atom stereocenters. The first-order valence-electron chi connectivity index (χ1n) is 7.17. The van der Waals surface area contributed by atoms with Crippen LogP contribution in [0.1, 0.15) is 51.5 Å². The van der Waals surface area contributed by atoms with Crippen molar-refractivity contribution in [1.29, 1.82) is 0 Å². The van der Waals surface area contributed by atoms with Crippen molar-refractivity contribution in [2.24, 2.45) is 5.92 Å². The van der Waals surface area contributed by atoms with Gasteiger partial charge < -0.3 is 5.32 Å². The fourth-order valence-electron chi connectivity index (χ4n) is 2.47. The highest BCUT2D eigenvalue weighted by Crippen LogP contribution is 2.28. The Labute approximate surface area is 111 Å². The molecule has 0 saturated heterocycles. The Morgan fingerprint density at radius 1 is 1.11 bits per heavy atom. The molecule has 0 bridgehead atoms. The molecule has 1 aromatic carbocycles. The van der Waals surface area contributed by atoms with Crippen LogP contribution in [0.2, 0.25) is 0 Å². The fraction of sp³-hybridized carbons (Fsp3) is 0.625. The van der Waals surface area contributed by atoms with Crippen LogP contribution in [0.5, 0.6) is 0 Å². The van der Waals surface area contributed by atoms with E-state index >= 15 is 0 Å². The molecule has 1 unspecified atom stereocenters. The third-order valence-electron chi connectivity index (χ3n) is 3.76. The van der Waals surface area contributed by atoms with E-state index in [1.807, 2.05) is 12.1 Å². The summed E-state index contributed by atoms with van der Waals surface area (Å²) in [6.07, 6.45) is 3.42. The monoisotopic (exact) mass is 251 g/mol. The van der Waals surface area contributed by atoms with Gasteiger partial charge in [0.1, 0.15) is 5.82 Å². The Hall–Kier alpha value is -0.890. The maximum absolute atomic E-state index is 13.9. The largest absolute Gasteiger partial charge is 0.316 e. The summed E-state index contributed by atoms with van der Waals surface area (Å²) in [5.41, 5.74) is 0.866. The summed E-state index contributed by atoms with van der Waals surface area (Å²) in [7, 11) is 0. The molecule has 0 aliphatic heterocycles. The number of hydrogen-bond donors (Lipinski definition) is 1. The third kappa shape index (κ3) is 4.41. The van der Waals surface area contributed by atoms with Crippen molar-refractivity contribution in [3.63, 3.8) is 0 Å². The van der Waals surface area contributed by atoms with Gasteiger partial charge in [0.2, 0.25) is 0 Å². The van der Waals surface area contributed by atoms with E-state index in [2.05, 4.69) is 26.1 Å². The van der Waals surface area contributed by atoms with Crippen LogP contribution in [0.15, 0.2) is 24.3 Å². The second kappa shape index (κ2) is 8.25. The van der Waals surface area contributed by atoms with Crippen molar-refractivity contribution in [2.45, 2.75) is 46.0 Å². The van der Waals surface area contributed by atoms with Gasteiger partial charge in [0.15, 0.2) is 0 Å². The number of halogens is 1. The molecule has 0 aromatic heterocycles. The molecule has 0 aliphatic carbocycles. The first kappa shape index (κ1) is 15.2.